The number of amides is 1. The van der Waals surface area contributed by atoms with Gasteiger partial charge in [-0.25, -0.2) is 4.79 Å². The van der Waals surface area contributed by atoms with E-state index >= 15 is 0 Å². The van der Waals surface area contributed by atoms with E-state index in [0.29, 0.717) is 5.92 Å². The minimum absolute atomic E-state index is 0.302. The number of unbranched alkanes of at least 4 members (excludes halogenated alkanes) is 2. The highest BCUT2D eigenvalue weighted by Crippen LogP contribution is 2.16. The van der Waals surface area contributed by atoms with Crippen molar-refractivity contribution < 1.29 is 14.3 Å². The predicted molar refractivity (Wildman–Crippen MR) is 89.1 cm³/mol. The number of nitrogens with zero attached hydrogens (tertiary/aromatic N) is 1. The fourth-order valence-electron chi connectivity index (χ4n) is 2.82. The summed E-state index contributed by atoms with van der Waals surface area (Å²) in [7, 11) is 1.76. The van der Waals surface area contributed by atoms with Gasteiger partial charge >= 0.3 is 6.09 Å². The van der Waals surface area contributed by atoms with Gasteiger partial charge in [0.15, 0.2) is 0 Å². The van der Waals surface area contributed by atoms with Crippen molar-refractivity contribution in [2.24, 2.45) is 5.92 Å². The monoisotopic (exact) mass is 314 g/mol. The predicted octanol–water partition coefficient (Wildman–Crippen LogP) is 3.04. The third kappa shape index (κ3) is 9.26. The molecule has 5 nitrogen and oxygen atoms in total. The van der Waals surface area contributed by atoms with E-state index in [0.717, 1.165) is 32.7 Å². The van der Waals surface area contributed by atoms with Crippen LogP contribution in [0.4, 0.5) is 4.79 Å². The molecule has 5 heteroatoms. The number of rotatable bonds is 8. The van der Waals surface area contributed by atoms with Crippen molar-refractivity contribution in [1.29, 1.82) is 0 Å². The van der Waals surface area contributed by atoms with Crippen LogP contribution in [0.5, 0.6) is 0 Å². The maximum absolute atomic E-state index is 11.7. The van der Waals surface area contributed by atoms with E-state index in [9.17, 15) is 4.79 Å². The van der Waals surface area contributed by atoms with Crippen molar-refractivity contribution in [1.82, 2.24) is 10.2 Å². The van der Waals surface area contributed by atoms with Gasteiger partial charge in [-0.1, -0.05) is 0 Å². The van der Waals surface area contributed by atoms with Crippen LogP contribution in [0.25, 0.3) is 0 Å². The molecule has 1 unspecified atom stereocenters. The second kappa shape index (κ2) is 10.1. The number of methoxy groups -OCH3 is 1. The van der Waals surface area contributed by atoms with Gasteiger partial charge in [-0.15, -0.1) is 0 Å². The van der Waals surface area contributed by atoms with E-state index in [2.05, 4.69) is 10.2 Å². The van der Waals surface area contributed by atoms with Crippen molar-refractivity contribution in [3.8, 4) is 0 Å². The van der Waals surface area contributed by atoms with E-state index in [4.69, 9.17) is 9.47 Å². The Bertz CT molecular complexity index is 316. The summed E-state index contributed by atoms with van der Waals surface area (Å²) < 4.78 is 10.4. The topological polar surface area (TPSA) is 50.8 Å². The first-order valence-corrected chi connectivity index (χ1v) is 8.59. The average Bonchev–Trinajstić information content (AvgIpc) is 2.44. The second-order valence-electron chi connectivity index (χ2n) is 7.25. The van der Waals surface area contributed by atoms with E-state index in [1.807, 2.05) is 20.8 Å². The Morgan fingerprint density at radius 1 is 1.27 bits per heavy atom. The zero-order valence-electron chi connectivity index (χ0n) is 14.8. The molecule has 1 aliphatic heterocycles. The summed E-state index contributed by atoms with van der Waals surface area (Å²) in [6, 6.07) is 0. The number of ether oxygens (including phenoxy) is 2. The van der Waals surface area contributed by atoms with Crippen LogP contribution in [0.1, 0.15) is 52.9 Å². The van der Waals surface area contributed by atoms with Crippen molar-refractivity contribution in [2.45, 2.75) is 58.5 Å². The molecule has 0 saturated carbocycles. The lowest BCUT2D eigenvalue weighted by Crippen LogP contribution is -2.42. The van der Waals surface area contributed by atoms with Crippen molar-refractivity contribution in [2.75, 3.05) is 39.9 Å². The Morgan fingerprint density at radius 2 is 2.05 bits per heavy atom. The molecule has 1 atom stereocenters. The lowest BCUT2D eigenvalue weighted by atomic mass is 9.98. The summed E-state index contributed by atoms with van der Waals surface area (Å²) in [5, 5.41) is 2.91. The number of hydrogen-bond acceptors (Lipinski definition) is 4. The maximum atomic E-state index is 11.7. The molecule has 1 fully saturated rings. The molecular formula is C17H34N2O3. The standard InChI is InChI=1S/C17H34N2O3/c1-17(2,3)22-16(20)18-13-15-9-8-11-19(14-15)10-6-5-7-12-21-4/h15H,5-14H2,1-4H3,(H,18,20). The van der Waals surface area contributed by atoms with E-state index in [1.165, 1.54) is 32.2 Å². The molecule has 0 bridgehead atoms. The Morgan fingerprint density at radius 3 is 2.73 bits per heavy atom. The molecule has 1 N–H and O–H groups in total. The summed E-state index contributed by atoms with van der Waals surface area (Å²) in [6.45, 7) is 10.7. The summed E-state index contributed by atoms with van der Waals surface area (Å²) in [5.41, 5.74) is -0.426. The molecule has 0 aromatic rings. The van der Waals surface area contributed by atoms with Crippen molar-refractivity contribution in [3.05, 3.63) is 0 Å². The van der Waals surface area contributed by atoms with E-state index in [-0.39, 0.29) is 6.09 Å². The molecule has 1 amide bonds. The number of nitrogens with one attached hydrogen (secondary N) is 1. The highest BCUT2D eigenvalue weighted by atomic mass is 16.6. The average molecular weight is 314 g/mol. The first kappa shape index (κ1) is 19.2. The van der Waals surface area contributed by atoms with Crippen LogP contribution < -0.4 is 5.32 Å². The van der Waals surface area contributed by atoms with Crippen LogP contribution in [-0.4, -0.2) is 56.5 Å². The lowest BCUT2D eigenvalue weighted by molar-refractivity contribution is 0.0507. The summed E-state index contributed by atoms with van der Waals surface area (Å²) in [6.07, 6.45) is 5.72. The van der Waals surface area contributed by atoms with Gasteiger partial charge in [-0.05, 0) is 71.9 Å². The van der Waals surface area contributed by atoms with Gasteiger partial charge < -0.3 is 19.7 Å². The normalized spacial score (nSPS) is 19.9. The van der Waals surface area contributed by atoms with Gasteiger partial charge in [0.1, 0.15) is 5.60 Å². The van der Waals surface area contributed by atoms with E-state index < -0.39 is 5.60 Å². The second-order valence-corrected chi connectivity index (χ2v) is 7.25. The number of likely N-dealkylation sites (tertiary alicyclic amines) is 1. The molecule has 1 aliphatic rings. The molecule has 1 saturated heterocycles. The fourth-order valence-corrected chi connectivity index (χ4v) is 2.82. The van der Waals surface area contributed by atoms with Crippen LogP contribution in [-0.2, 0) is 9.47 Å². The Kier molecular flexibility index (Phi) is 8.79. The van der Waals surface area contributed by atoms with Gasteiger partial charge in [0.25, 0.3) is 0 Å². The molecule has 22 heavy (non-hydrogen) atoms. The molecule has 0 spiro atoms. The SMILES string of the molecule is COCCCCCN1CCCC(CNC(=O)OC(C)(C)C)C1. The fraction of sp³-hybridized carbons (Fsp3) is 0.941. The van der Waals surface area contributed by atoms with Crippen LogP contribution in [0.15, 0.2) is 0 Å². The third-order valence-corrected chi connectivity index (χ3v) is 3.86. The smallest absolute Gasteiger partial charge is 0.407 e. The highest BCUT2D eigenvalue weighted by molar-refractivity contribution is 5.67. The molecular weight excluding hydrogens is 280 g/mol. The van der Waals surface area contributed by atoms with Crippen molar-refractivity contribution >= 4 is 6.09 Å². The quantitative estimate of drug-likeness (QED) is 0.700. The number of alkyl carbamates (subject to hydrolysis) is 1. The summed E-state index contributed by atoms with van der Waals surface area (Å²) in [5.74, 6) is 0.542. The molecule has 1 heterocycles. The molecule has 0 aromatic heterocycles. The van der Waals surface area contributed by atoms with Gasteiger partial charge in [0.05, 0.1) is 0 Å². The molecule has 130 valence electrons. The number of carbonyl (C=O) groups excluding carboxylic acids is 1. The Labute approximate surface area is 135 Å². The molecule has 1 rings (SSSR count). The zero-order chi connectivity index (χ0) is 16.4. The first-order chi connectivity index (χ1) is 10.4. The Hall–Kier alpha value is -0.810. The van der Waals surface area contributed by atoms with Gasteiger partial charge in [0, 0.05) is 26.8 Å². The van der Waals surface area contributed by atoms with Crippen molar-refractivity contribution in [3.63, 3.8) is 0 Å². The Balaban J connectivity index is 2.16. The maximum Gasteiger partial charge on any atom is 0.407 e. The molecule has 0 aromatic carbocycles. The highest BCUT2D eigenvalue weighted by Gasteiger charge is 2.21. The van der Waals surface area contributed by atoms with Crippen LogP contribution in [0, 0.1) is 5.92 Å². The minimum Gasteiger partial charge on any atom is -0.444 e. The van der Waals surface area contributed by atoms with Crippen LogP contribution in [0.3, 0.4) is 0 Å². The number of carbonyl (C=O) groups is 1. The van der Waals surface area contributed by atoms with E-state index in [1.54, 1.807) is 7.11 Å². The minimum atomic E-state index is -0.426. The van der Waals surface area contributed by atoms with Gasteiger partial charge in [-0.3, -0.25) is 0 Å². The van der Waals surface area contributed by atoms with Crippen LogP contribution in [0.2, 0.25) is 0 Å². The number of piperidine rings is 1. The summed E-state index contributed by atoms with van der Waals surface area (Å²) >= 11 is 0. The largest absolute Gasteiger partial charge is 0.444 e. The molecule has 0 radical (unpaired) electrons. The van der Waals surface area contributed by atoms with Gasteiger partial charge in [-0.2, -0.15) is 0 Å². The first-order valence-electron chi connectivity index (χ1n) is 8.59. The number of hydrogen-bond donors (Lipinski definition) is 1. The lowest BCUT2D eigenvalue weighted by Gasteiger charge is -2.33. The van der Waals surface area contributed by atoms with Gasteiger partial charge in [0.2, 0.25) is 0 Å². The third-order valence-electron chi connectivity index (χ3n) is 3.86. The molecule has 0 aliphatic carbocycles. The zero-order valence-corrected chi connectivity index (χ0v) is 14.8. The summed E-state index contributed by atoms with van der Waals surface area (Å²) in [4.78, 5) is 14.2. The van der Waals surface area contributed by atoms with Crippen LogP contribution >= 0.6 is 0 Å².